The third-order valence-corrected chi connectivity index (χ3v) is 11.0. The highest BCUT2D eigenvalue weighted by atomic mass is 32.2. The van der Waals surface area contributed by atoms with Crippen molar-refractivity contribution in [1.29, 1.82) is 5.26 Å². The summed E-state index contributed by atoms with van der Waals surface area (Å²) in [6.45, 7) is 4.42. The highest BCUT2D eigenvalue weighted by molar-refractivity contribution is 8.00. The lowest BCUT2D eigenvalue weighted by Gasteiger charge is -2.25. The van der Waals surface area contributed by atoms with Crippen LogP contribution >= 0.6 is 23.1 Å². The van der Waals surface area contributed by atoms with Crippen LogP contribution in [0.15, 0.2) is 108 Å². The van der Waals surface area contributed by atoms with Crippen molar-refractivity contribution in [3.05, 3.63) is 130 Å². The molecule has 0 saturated carbocycles. The number of benzene rings is 4. The topological polar surface area (TPSA) is 131 Å². The molecular weight excluding hydrogens is 679 g/mol. The fraction of sp³-hybridized carbons (Fsp3) is 0.175. The molecule has 0 fully saturated rings. The van der Waals surface area contributed by atoms with Gasteiger partial charge in [0, 0.05) is 34.5 Å². The Hall–Kier alpha value is -5.70. The van der Waals surface area contributed by atoms with Gasteiger partial charge >= 0.3 is 0 Å². The molecule has 51 heavy (non-hydrogen) atoms. The minimum absolute atomic E-state index is 0.0204. The molecular formula is C40H35N5O4S2. The van der Waals surface area contributed by atoms with E-state index in [1.807, 2.05) is 61.5 Å². The van der Waals surface area contributed by atoms with E-state index in [4.69, 9.17) is 0 Å². The maximum atomic E-state index is 13.8. The molecule has 3 N–H and O–H groups in total. The van der Waals surface area contributed by atoms with Crippen LogP contribution in [0.1, 0.15) is 52.2 Å². The third-order valence-electron chi connectivity index (χ3n) is 8.54. The Morgan fingerprint density at radius 1 is 0.961 bits per heavy atom. The number of nitrogens with zero attached hydrogens (tertiary/aromatic N) is 2. The molecule has 1 aromatic heterocycles. The molecule has 11 heteroatoms. The van der Waals surface area contributed by atoms with E-state index in [1.54, 1.807) is 53.4 Å². The number of hydrogen-bond acceptors (Lipinski definition) is 7. The Kier molecular flexibility index (Phi) is 10.9. The molecule has 0 radical (unpaired) electrons. The first-order valence-electron chi connectivity index (χ1n) is 16.5. The molecule has 1 aliphatic heterocycles. The van der Waals surface area contributed by atoms with E-state index in [2.05, 4.69) is 22.0 Å². The number of thiophene rings is 1. The minimum Gasteiger partial charge on any atom is -0.337 e. The standard InChI is InChI=1S/C40H35N5O4S2/c1-3-35(39(49)44-40-33(23-41)32-19-20-45(25(2)46)24-36(32)51-40)50-30-17-10-16-29(22-30)42-38(48)34(43-37(47)27-12-5-4-6-13-27)21-28-15-9-14-26-11-7-8-18-31(26)28/h4-18,21-22,35H,3,19-20,24H2,1-2H3,(H,42,48)(H,43,47)(H,44,49)/b34-21+. The summed E-state index contributed by atoms with van der Waals surface area (Å²) in [5, 5.41) is 20.6. The lowest BCUT2D eigenvalue weighted by Crippen LogP contribution is -2.33. The van der Waals surface area contributed by atoms with E-state index in [9.17, 15) is 24.4 Å². The molecule has 4 amide bonds. The van der Waals surface area contributed by atoms with Gasteiger partial charge in [-0.3, -0.25) is 19.2 Å². The zero-order valence-electron chi connectivity index (χ0n) is 28.1. The molecule has 1 unspecified atom stereocenters. The number of carbonyl (C=O) groups is 4. The summed E-state index contributed by atoms with van der Waals surface area (Å²) >= 11 is 2.70. The lowest BCUT2D eigenvalue weighted by atomic mass is 10.0. The van der Waals surface area contributed by atoms with E-state index in [0.29, 0.717) is 47.7 Å². The van der Waals surface area contributed by atoms with Crippen LogP contribution in [-0.4, -0.2) is 40.3 Å². The van der Waals surface area contributed by atoms with E-state index >= 15 is 0 Å². The smallest absolute Gasteiger partial charge is 0.272 e. The number of thioether (sulfide) groups is 1. The molecule has 1 atom stereocenters. The number of carbonyl (C=O) groups excluding carboxylic acids is 4. The molecule has 9 nitrogen and oxygen atoms in total. The molecule has 5 aromatic rings. The summed E-state index contributed by atoms with van der Waals surface area (Å²) in [7, 11) is 0. The Labute approximate surface area is 304 Å². The predicted octanol–water partition coefficient (Wildman–Crippen LogP) is 7.60. The SMILES string of the molecule is CCC(Sc1cccc(NC(=O)/C(=C\c2cccc3ccccc23)NC(=O)c2ccccc2)c1)C(=O)Nc1sc2c(c1C#N)CCN(C(C)=O)C2. The first-order valence-corrected chi connectivity index (χ1v) is 18.2. The average molecular weight is 714 g/mol. The van der Waals surface area contributed by atoms with Gasteiger partial charge in [-0.1, -0.05) is 73.7 Å². The van der Waals surface area contributed by atoms with Crippen molar-refractivity contribution in [2.45, 2.75) is 43.4 Å². The first-order chi connectivity index (χ1) is 24.7. The number of rotatable bonds is 10. The summed E-state index contributed by atoms with van der Waals surface area (Å²) in [5.41, 5.74) is 3.11. The van der Waals surface area contributed by atoms with Crippen molar-refractivity contribution in [3.8, 4) is 6.07 Å². The van der Waals surface area contributed by atoms with Gasteiger partial charge < -0.3 is 20.9 Å². The van der Waals surface area contributed by atoms with Crippen LogP contribution in [0.4, 0.5) is 10.7 Å². The van der Waals surface area contributed by atoms with E-state index in [-0.39, 0.29) is 17.5 Å². The van der Waals surface area contributed by atoms with Crippen molar-refractivity contribution in [2.24, 2.45) is 0 Å². The summed E-state index contributed by atoms with van der Waals surface area (Å²) < 4.78 is 0. The van der Waals surface area contributed by atoms with Crippen LogP contribution in [0.25, 0.3) is 16.8 Å². The second kappa shape index (κ2) is 15.9. The average Bonchev–Trinajstić information content (AvgIpc) is 3.50. The number of fused-ring (bicyclic) bond motifs is 2. The van der Waals surface area contributed by atoms with Gasteiger partial charge in [0.05, 0.1) is 17.4 Å². The van der Waals surface area contributed by atoms with Crippen molar-refractivity contribution < 1.29 is 19.2 Å². The van der Waals surface area contributed by atoms with Gasteiger partial charge in [0.2, 0.25) is 11.8 Å². The molecule has 2 heterocycles. The maximum Gasteiger partial charge on any atom is 0.272 e. The number of nitrogens with one attached hydrogen (secondary N) is 3. The molecule has 0 bridgehead atoms. The van der Waals surface area contributed by atoms with Crippen LogP contribution in [0, 0.1) is 11.3 Å². The van der Waals surface area contributed by atoms with E-state index in [1.165, 1.54) is 30.0 Å². The summed E-state index contributed by atoms with van der Waals surface area (Å²) in [4.78, 5) is 55.9. The largest absolute Gasteiger partial charge is 0.337 e. The lowest BCUT2D eigenvalue weighted by molar-refractivity contribution is -0.129. The van der Waals surface area contributed by atoms with Gasteiger partial charge in [-0.05, 0) is 71.1 Å². The highest BCUT2D eigenvalue weighted by Gasteiger charge is 2.28. The van der Waals surface area contributed by atoms with Crippen molar-refractivity contribution in [2.75, 3.05) is 17.2 Å². The van der Waals surface area contributed by atoms with E-state index < -0.39 is 17.1 Å². The fourth-order valence-electron chi connectivity index (χ4n) is 5.88. The second-order valence-electron chi connectivity index (χ2n) is 11.9. The predicted molar refractivity (Wildman–Crippen MR) is 203 cm³/mol. The molecule has 6 rings (SSSR count). The second-order valence-corrected chi connectivity index (χ2v) is 14.3. The minimum atomic E-state index is -0.506. The quantitative estimate of drug-likeness (QED) is 0.101. The maximum absolute atomic E-state index is 13.8. The number of anilines is 2. The van der Waals surface area contributed by atoms with Crippen LogP contribution in [-0.2, 0) is 27.3 Å². The fourth-order valence-corrected chi connectivity index (χ4v) is 8.11. The summed E-state index contributed by atoms with van der Waals surface area (Å²) in [6.07, 6.45) is 2.76. The molecule has 0 aliphatic carbocycles. The van der Waals surface area contributed by atoms with Crippen LogP contribution < -0.4 is 16.0 Å². The van der Waals surface area contributed by atoms with Crippen molar-refractivity contribution in [1.82, 2.24) is 10.2 Å². The van der Waals surface area contributed by atoms with Crippen LogP contribution in [0.5, 0.6) is 0 Å². The Balaban J connectivity index is 1.19. The monoisotopic (exact) mass is 713 g/mol. The van der Waals surface area contributed by atoms with E-state index in [0.717, 1.165) is 31.7 Å². The van der Waals surface area contributed by atoms with Gasteiger partial charge in [-0.15, -0.1) is 23.1 Å². The zero-order valence-corrected chi connectivity index (χ0v) is 29.7. The summed E-state index contributed by atoms with van der Waals surface area (Å²) in [5.74, 6) is -1.18. The molecule has 0 spiro atoms. The van der Waals surface area contributed by atoms with Gasteiger partial charge in [0.1, 0.15) is 16.8 Å². The Morgan fingerprint density at radius 3 is 2.47 bits per heavy atom. The number of amides is 4. The highest BCUT2D eigenvalue weighted by Crippen LogP contribution is 2.38. The molecule has 1 aliphatic rings. The third kappa shape index (κ3) is 8.20. The number of nitriles is 1. The van der Waals surface area contributed by atoms with Crippen LogP contribution in [0.2, 0.25) is 0 Å². The number of hydrogen-bond donors (Lipinski definition) is 3. The molecule has 4 aromatic carbocycles. The summed E-state index contributed by atoms with van der Waals surface area (Å²) in [6, 6.07) is 31.7. The van der Waals surface area contributed by atoms with Gasteiger partial charge in [-0.2, -0.15) is 5.26 Å². The van der Waals surface area contributed by atoms with Gasteiger partial charge in [0.15, 0.2) is 0 Å². The van der Waals surface area contributed by atoms with Crippen LogP contribution in [0.3, 0.4) is 0 Å². The van der Waals surface area contributed by atoms with Crippen molar-refractivity contribution in [3.63, 3.8) is 0 Å². The van der Waals surface area contributed by atoms with Gasteiger partial charge in [0.25, 0.3) is 11.8 Å². The molecule has 0 saturated heterocycles. The van der Waals surface area contributed by atoms with Crippen molar-refractivity contribution >= 4 is 74.3 Å². The first kappa shape index (κ1) is 35.1. The Morgan fingerprint density at radius 2 is 1.71 bits per heavy atom. The van der Waals surface area contributed by atoms with Gasteiger partial charge in [-0.25, -0.2) is 0 Å². The Bertz CT molecular complexity index is 2200. The zero-order chi connectivity index (χ0) is 35.9. The molecule has 256 valence electrons. The normalized spacial score (nSPS) is 13.1.